The lowest BCUT2D eigenvalue weighted by atomic mass is 10.1. The minimum Gasteiger partial charge on any atom is -0.497 e. The lowest BCUT2D eigenvalue weighted by Gasteiger charge is -2.33. The summed E-state index contributed by atoms with van der Waals surface area (Å²) in [6.07, 6.45) is 0.372. The van der Waals surface area contributed by atoms with Crippen LogP contribution in [0, 0.1) is 6.92 Å². The van der Waals surface area contributed by atoms with Crippen molar-refractivity contribution in [3.63, 3.8) is 0 Å². The minimum atomic E-state index is -4.10. The molecule has 3 rings (SSSR count). The van der Waals surface area contributed by atoms with Crippen molar-refractivity contribution in [3.8, 4) is 5.75 Å². The number of likely N-dealkylation sites (N-methyl/N-ethyl adjacent to an activating group) is 1. The van der Waals surface area contributed by atoms with E-state index in [1.165, 1.54) is 24.1 Å². The van der Waals surface area contributed by atoms with Gasteiger partial charge in [0.1, 0.15) is 18.3 Å². The van der Waals surface area contributed by atoms with Gasteiger partial charge in [-0.15, -0.1) is 0 Å². The smallest absolute Gasteiger partial charge is 0.264 e. The van der Waals surface area contributed by atoms with Crippen LogP contribution in [0.3, 0.4) is 0 Å². The molecular formula is C29H35N3O5S. The topological polar surface area (TPSA) is 96.0 Å². The Morgan fingerprint density at radius 1 is 0.921 bits per heavy atom. The van der Waals surface area contributed by atoms with Gasteiger partial charge < -0.3 is 15.0 Å². The molecule has 0 unspecified atom stereocenters. The average Bonchev–Trinajstić information content (AvgIpc) is 2.93. The summed E-state index contributed by atoms with van der Waals surface area (Å²) in [5.41, 5.74) is 2.22. The zero-order valence-corrected chi connectivity index (χ0v) is 23.1. The molecule has 0 aliphatic heterocycles. The maximum absolute atomic E-state index is 13.9. The molecule has 0 saturated heterocycles. The van der Waals surface area contributed by atoms with E-state index in [2.05, 4.69) is 5.32 Å². The molecule has 0 bridgehead atoms. The lowest BCUT2D eigenvalue weighted by Crippen LogP contribution is -2.52. The molecule has 3 aromatic carbocycles. The predicted molar refractivity (Wildman–Crippen MR) is 148 cm³/mol. The second kappa shape index (κ2) is 13.1. The molecule has 0 fully saturated rings. The number of carbonyl (C=O) groups excluding carboxylic acids is 2. The fraction of sp³-hybridized carbons (Fsp3) is 0.310. The second-order valence-electron chi connectivity index (χ2n) is 8.85. The normalized spacial score (nSPS) is 11.9. The minimum absolute atomic E-state index is 0.0597. The van der Waals surface area contributed by atoms with Gasteiger partial charge >= 0.3 is 0 Å². The van der Waals surface area contributed by atoms with E-state index in [9.17, 15) is 18.0 Å². The summed E-state index contributed by atoms with van der Waals surface area (Å²) in [5, 5.41) is 2.80. The molecule has 0 radical (unpaired) electrons. The molecule has 0 spiro atoms. The molecular weight excluding hydrogens is 502 g/mol. The number of hydrogen-bond donors (Lipinski definition) is 1. The maximum Gasteiger partial charge on any atom is 0.264 e. The van der Waals surface area contributed by atoms with Gasteiger partial charge in [-0.1, -0.05) is 55.0 Å². The van der Waals surface area contributed by atoms with Crippen LogP contribution in [0.1, 0.15) is 31.4 Å². The van der Waals surface area contributed by atoms with Crippen LogP contribution in [0.5, 0.6) is 5.75 Å². The zero-order chi connectivity index (χ0) is 27.7. The first-order valence-corrected chi connectivity index (χ1v) is 14.0. The number of nitrogens with one attached hydrogen (secondary N) is 1. The molecule has 0 aliphatic carbocycles. The van der Waals surface area contributed by atoms with Gasteiger partial charge in [0.05, 0.1) is 17.7 Å². The Morgan fingerprint density at radius 3 is 2.11 bits per heavy atom. The van der Waals surface area contributed by atoms with Crippen LogP contribution in [-0.2, 0) is 26.2 Å². The Bertz CT molecular complexity index is 1310. The zero-order valence-electron chi connectivity index (χ0n) is 22.3. The number of ether oxygens (including phenoxy) is 1. The number of anilines is 1. The number of carbonyl (C=O) groups is 2. The molecule has 1 atom stereocenters. The summed E-state index contributed by atoms with van der Waals surface area (Å²) in [6.45, 7) is 5.72. The molecule has 0 heterocycles. The first-order valence-electron chi connectivity index (χ1n) is 12.6. The Balaban J connectivity index is 2.04. The van der Waals surface area contributed by atoms with Gasteiger partial charge in [-0.05, 0) is 62.2 Å². The Hall–Kier alpha value is -3.85. The van der Waals surface area contributed by atoms with Gasteiger partial charge in [-0.2, -0.15) is 0 Å². The highest BCUT2D eigenvalue weighted by Gasteiger charge is 2.33. The summed E-state index contributed by atoms with van der Waals surface area (Å²) in [4.78, 5) is 28.4. The van der Waals surface area contributed by atoms with E-state index < -0.39 is 28.5 Å². The van der Waals surface area contributed by atoms with Crippen molar-refractivity contribution in [2.45, 2.75) is 44.7 Å². The van der Waals surface area contributed by atoms with Crippen molar-refractivity contribution in [2.24, 2.45) is 0 Å². The van der Waals surface area contributed by atoms with Gasteiger partial charge in [0, 0.05) is 13.1 Å². The third-order valence-electron chi connectivity index (χ3n) is 6.18. The molecule has 8 nitrogen and oxygen atoms in total. The standard InChI is InChI=1S/C29H35N3O5S/c1-5-27(29(34)30-6-2)31(20-23-14-12-22(3)13-15-23)28(33)21-32(24-16-18-25(37-4)19-17-24)38(35,36)26-10-8-7-9-11-26/h7-19,27H,5-6,20-21H2,1-4H3,(H,30,34)/t27-/m1/s1. The highest BCUT2D eigenvalue weighted by atomic mass is 32.2. The molecule has 1 N–H and O–H groups in total. The summed E-state index contributed by atoms with van der Waals surface area (Å²) < 4.78 is 33.8. The van der Waals surface area contributed by atoms with Crippen molar-refractivity contribution < 1.29 is 22.7 Å². The molecule has 3 aromatic rings. The van der Waals surface area contributed by atoms with Crippen molar-refractivity contribution in [1.29, 1.82) is 0 Å². The Morgan fingerprint density at radius 2 is 1.55 bits per heavy atom. The van der Waals surface area contributed by atoms with E-state index in [0.717, 1.165) is 15.4 Å². The summed E-state index contributed by atoms with van der Waals surface area (Å²) in [6, 6.07) is 21.4. The quantitative estimate of drug-likeness (QED) is 0.375. The van der Waals surface area contributed by atoms with E-state index in [-0.39, 0.29) is 17.3 Å². The van der Waals surface area contributed by atoms with E-state index in [0.29, 0.717) is 24.4 Å². The van der Waals surface area contributed by atoms with Crippen molar-refractivity contribution >= 4 is 27.5 Å². The number of sulfonamides is 1. The van der Waals surface area contributed by atoms with E-state index in [1.54, 1.807) is 42.5 Å². The molecule has 9 heteroatoms. The van der Waals surface area contributed by atoms with Gasteiger partial charge in [0.25, 0.3) is 10.0 Å². The largest absolute Gasteiger partial charge is 0.497 e. The number of nitrogens with zero attached hydrogens (tertiary/aromatic N) is 2. The monoisotopic (exact) mass is 537 g/mol. The van der Waals surface area contributed by atoms with E-state index >= 15 is 0 Å². The van der Waals surface area contributed by atoms with Gasteiger partial charge in [0.15, 0.2) is 0 Å². The summed E-state index contributed by atoms with van der Waals surface area (Å²) >= 11 is 0. The maximum atomic E-state index is 13.9. The molecule has 0 aliphatic rings. The van der Waals surface area contributed by atoms with Crippen LogP contribution in [0.2, 0.25) is 0 Å². The van der Waals surface area contributed by atoms with Crippen LogP contribution in [0.25, 0.3) is 0 Å². The van der Waals surface area contributed by atoms with Gasteiger partial charge in [0.2, 0.25) is 11.8 Å². The third-order valence-corrected chi connectivity index (χ3v) is 7.97. The molecule has 38 heavy (non-hydrogen) atoms. The van der Waals surface area contributed by atoms with Crippen molar-refractivity contribution in [1.82, 2.24) is 10.2 Å². The molecule has 0 aromatic heterocycles. The fourth-order valence-corrected chi connectivity index (χ4v) is 5.53. The SMILES string of the molecule is CCNC(=O)[C@@H](CC)N(Cc1ccc(C)cc1)C(=O)CN(c1ccc(OC)cc1)S(=O)(=O)c1ccccc1. The predicted octanol–water partition coefficient (Wildman–Crippen LogP) is 4.14. The first-order chi connectivity index (χ1) is 18.2. The van der Waals surface area contributed by atoms with Crippen LogP contribution >= 0.6 is 0 Å². The van der Waals surface area contributed by atoms with Gasteiger partial charge in [-0.3, -0.25) is 13.9 Å². The third kappa shape index (κ3) is 6.92. The molecule has 2 amide bonds. The van der Waals surface area contributed by atoms with Crippen LogP contribution < -0.4 is 14.4 Å². The summed E-state index contributed by atoms with van der Waals surface area (Å²) in [7, 11) is -2.58. The number of methoxy groups -OCH3 is 1. The van der Waals surface area contributed by atoms with Gasteiger partial charge in [-0.25, -0.2) is 8.42 Å². The summed E-state index contributed by atoms with van der Waals surface area (Å²) in [5.74, 6) is -0.211. The van der Waals surface area contributed by atoms with Crippen LogP contribution in [0.4, 0.5) is 5.69 Å². The number of rotatable bonds is 12. The van der Waals surface area contributed by atoms with Crippen molar-refractivity contribution in [3.05, 3.63) is 90.0 Å². The Labute approximate surface area is 225 Å². The average molecular weight is 538 g/mol. The number of benzene rings is 3. The first kappa shape index (κ1) is 28.7. The molecule has 0 saturated carbocycles. The lowest BCUT2D eigenvalue weighted by molar-refractivity contribution is -0.140. The van der Waals surface area contributed by atoms with Crippen LogP contribution in [0.15, 0.2) is 83.8 Å². The van der Waals surface area contributed by atoms with E-state index in [1.807, 2.05) is 45.0 Å². The fourth-order valence-electron chi connectivity index (χ4n) is 4.10. The highest BCUT2D eigenvalue weighted by Crippen LogP contribution is 2.26. The molecule has 202 valence electrons. The van der Waals surface area contributed by atoms with Crippen molar-refractivity contribution in [2.75, 3.05) is 24.5 Å². The van der Waals surface area contributed by atoms with E-state index in [4.69, 9.17) is 4.74 Å². The Kier molecular flexibility index (Phi) is 9.90. The van der Waals surface area contributed by atoms with Crippen LogP contribution in [-0.4, -0.2) is 51.4 Å². The number of amides is 2. The highest BCUT2D eigenvalue weighted by molar-refractivity contribution is 7.92. The number of hydrogen-bond acceptors (Lipinski definition) is 5. The number of aryl methyl sites for hydroxylation is 1. The second-order valence-corrected chi connectivity index (χ2v) is 10.7.